The van der Waals surface area contributed by atoms with Crippen LogP contribution in [0.3, 0.4) is 0 Å². The Morgan fingerprint density at radius 2 is 1.06 bits per heavy atom. The van der Waals surface area contributed by atoms with Gasteiger partial charge in [0.25, 0.3) is 0 Å². The molecule has 0 amide bonds. The van der Waals surface area contributed by atoms with Crippen LogP contribution in [0.5, 0.6) is 0 Å². The third-order valence-corrected chi connectivity index (χ3v) is 19.8. The third-order valence-electron chi connectivity index (χ3n) is 4.01. The molecule has 0 aliphatic heterocycles. The zero-order chi connectivity index (χ0) is 13.9. The van der Waals surface area contributed by atoms with Crippen LogP contribution >= 0.6 is 0 Å². The minimum absolute atomic E-state index is 0.170. The first-order valence-corrected chi connectivity index (χ1v) is 15.5. The summed E-state index contributed by atoms with van der Waals surface area (Å²) in [6.45, 7) is 6.89. The van der Waals surface area contributed by atoms with Gasteiger partial charge in [0.15, 0.2) is 0 Å². The van der Waals surface area contributed by atoms with Gasteiger partial charge in [0.2, 0.25) is 0 Å². The van der Waals surface area contributed by atoms with Crippen molar-refractivity contribution in [3.8, 4) is 0 Å². The van der Waals surface area contributed by atoms with E-state index >= 15 is 0 Å². The Morgan fingerprint density at radius 3 is 1.28 bits per heavy atom. The van der Waals surface area contributed by atoms with E-state index in [9.17, 15) is 0 Å². The van der Waals surface area contributed by atoms with Crippen LogP contribution in [0.1, 0.15) is 59.3 Å². The fourth-order valence-electron chi connectivity index (χ4n) is 2.91. The van der Waals surface area contributed by atoms with Crippen molar-refractivity contribution < 1.29 is 9.47 Å². The topological polar surface area (TPSA) is 18.5 Å². The van der Waals surface area contributed by atoms with Gasteiger partial charge < -0.3 is 0 Å². The molecule has 0 heterocycles. The van der Waals surface area contributed by atoms with Crippen molar-refractivity contribution in [3.05, 3.63) is 0 Å². The molecule has 2 nitrogen and oxygen atoms in total. The summed E-state index contributed by atoms with van der Waals surface area (Å²) >= 11 is -2.28. The molecule has 0 spiro atoms. The monoisotopic (exact) mass is 366 g/mol. The Bertz CT molecular complexity index is 160. The fraction of sp³-hybridized carbons (Fsp3) is 1.00. The van der Waals surface area contributed by atoms with Gasteiger partial charge in [0, 0.05) is 0 Å². The Hall–Kier alpha value is 0.719. The molecular weight excluding hydrogens is 331 g/mol. The summed E-state index contributed by atoms with van der Waals surface area (Å²) in [6, 6.07) is 0. The predicted molar refractivity (Wildman–Crippen MR) is 82.7 cm³/mol. The molecule has 0 aromatic carbocycles. The molecule has 0 saturated heterocycles. The maximum atomic E-state index is 5.73. The van der Waals surface area contributed by atoms with Crippen LogP contribution in [0.25, 0.3) is 0 Å². The first-order valence-electron chi connectivity index (χ1n) is 7.76. The van der Waals surface area contributed by atoms with Crippen LogP contribution in [-0.4, -0.2) is 36.9 Å². The van der Waals surface area contributed by atoms with E-state index in [2.05, 4.69) is 20.8 Å². The normalized spacial score (nSPS) is 12.3. The molecular formula is C15H34O2Sn. The number of rotatable bonds is 12. The van der Waals surface area contributed by atoms with E-state index in [-0.39, 0.29) is 4.31 Å². The first-order chi connectivity index (χ1) is 8.70. The molecule has 0 aromatic rings. The van der Waals surface area contributed by atoms with Gasteiger partial charge in [0.05, 0.1) is 0 Å². The van der Waals surface area contributed by atoms with Gasteiger partial charge in [-0.3, -0.25) is 0 Å². The average molecular weight is 365 g/mol. The second kappa shape index (κ2) is 11.5. The maximum absolute atomic E-state index is 5.73. The SMILES string of the molecule is CCC[CH2][Sn]([CH2]CCC)([CH2]CCC)[CH](OC)OC. The molecule has 0 fully saturated rings. The van der Waals surface area contributed by atoms with Crippen molar-refractivity contribution >= 4 is 18.4 Å². The Balaban J connectivity index is 4.82. The molecule has 0 saturated carbocycles. The average Bonchev–Trinajstić information content (AvgIpc) is 2.41. The van der Waals surface area contributed by atoms with Crippen molar-refractivity contribution in [3.63, 3.8) is 0 Å². The third kappa shape index (κ3) is 6.25. The molecule has 0 aromatic heterocycles. The van der Waals surface area contributed by atoms with Gasteiger partial charge in [0.1, 0.15) is 0 Å². The summed E-state index contributed by atoms with van der Waals surface area (Å²) in [5.41, 5.74) is 0. The first kappa shape index (κ1) is 18.7. The minimum atomic E-state index is -2.28. The van der Waals surface area contributed by atoms with Gasteiger partial charge in [-0.2, -0.15) is 0 Å². The predicted octanol–water partition coefficient (Wildman–Crippen LogP) is 4.99. The molecule has 0 bridgehead atoms. The number of hydrogen-bond donors (Lipinski definition) is 0. The number of methoxy groups -OCH3 is 2. The molecule has 0 aliphatic rings. The van der Waals surface area contributed by atoms with Crippen LogP contribution in [0.4, 0.5) is 0 Å². The zero-order valence-corrected chi connectivity index (χ0v) is 16.1. The van der Waals surface area contributed by atoms with Crippen LogP contribution in [0, 0.1) is 0 Å². The van der Waals surface area contributed by atoms with E-state index in [0.29, 0.717) is 0 Å². The summed E-state index contributed by atoms with van der Waals surface area (Å²) in [4.78, 5) is 0. The van der Waals surface area contributed by atoms with Crippen molar-refractivity contribution in [2.45, 2.75) is 76.9 Å². The van der Waals surface area contributed by atoms with Crippen LogP contribution in [0.2, 0.25) is 13.3 Å². The summed E-state index contributed by atoms with van der Waals surface area (Å²) in [6.07, 6.45) is 8.01. The van der Waals surface area contributed by atoms with Crippen molar-refractivity contribution in [2.75, 3.05) is 14.2 Å². The van der Waals surface area contributed by atoms with Crippen molar-refractivity contribution in [1.82, 2.24) is 0 Å². The second-order valence-electron chi connectivity index (χ2n) is 5.48. The summed E-state index contributed by atoms with van der Waals surface area (Å²) in [7, 11) is 3.67. The molecule has 0 aliphatic carbocycles. The van der Waals surface area contributed by atoms with Crippen LogP contribution in [-0.2, 0) is 9.47 Å². The van der Waals surface area contributed by atoms with Crippen LogP contribution < -0.4 is 0 Å². The van der Waals surface area contributed by atoms with E-state index in [1.54, 1.807) is 0 Å². The van der Waals surface area contributed by atoms with Gasteiger partial charge >= 0.3 is 119 Å². The number of unbranched alkanes of at least 4 members (excludes halogenated alkanes) is 3. The van der Waals surface area contributed by atoms with E-state index in [4.69, 9.17) is 9.47 Å². The molecule has 0 radical (unpaired) electrons. The number of ether oxygens (including phenoxy) is 2. The standard InChI is InChI=1S/3C4H9.C3H7O2.Sn/c3*1-3-4-2;1-4-3-5-2;/h3*1,3-4H2,2H3;3H,1-2H3;. The Labute approximate surface area is 119 Å². The summed E-state index contributed by atoms with van der Waals surface area (Å²) in [5.74, 6) is 0. The summed E-state index contributed by atoms with van der Waals surface area (Å²) < 4.78 is 16.0. The van der Waals surface area contributed by atoms with Crippen molar-refractivity contribution in [1.29, 1.82) is 0 Å². The molecule has 110 valence electrons. The quantitative estimate of drug-likeness (QED) is 0.358. The molecule has 0 N–H and O–H groups in total. The Kier molecular flexibility index (Phi) is 12.0. The zero-order valence-electron chi connectivity index (χ0n) is 13.3. The van der Waals surface area contributed by atoms with E-state index < -0.39 is 18.4 Å². The van der Waals surface area contributed by atoms with Gasteiger partial charge in [-0.1, -0.05) is 0 Å². The van der Waals surface area contributed by atoms with E-state index in [1.807, 2.05) is 14.2 Å². The van der Waals surface area contributed by atoms with Crippen molar-refractivity contribution in [2.24, 2.45) is 0 Å². The molecule has 0 rings (SSSR count). The van der Waals surface area contributed by atoms with E-state index in [0.717, 1.165) is 0 Å². The van der Waals surface area contributed by atoms with Gasteiger partial charge in [-0.25, -0.2) is 0 Å². The molecule has 0 atom stereocenters. The van der Waals surface area contributed by atoms with E-state index in [1.165, 1.54) is 51.8 Å². The van der Waals surface area contributed by atoms with Gasteiger partial charge in [-0.05, 0) is 0 Å². The molecule has 3 heteroatoms. The van der Waals surface area contributed by atoms with Gasteiger partial charge in [-0.15, -0.1) is 0 Å². The molecule has 18 heavy (non-hydrogen) atoms. The molecule has 0 unspecified atom stereocenters. The second-order valence-corrected chi connectivity index (χ2v) is 18.9. The summed E-state index contributed by atoms with van der Waals surface area (Å²) in [5, 5.41) is 0. The number of hydrogen-bond acceptors (Lipinski definition) is 2. The fourth-order valence-corrected chi connectivity index (χ4v) is 19.0. The Morgan fingerprint density at radius 1 is 0.722 bits per heavy atom. The van der Waals surface area contributed by atoms with Crippen LogP contribution in [0.15, 0.2) is 0 Å².